The van der Waals surface area contributed by atoms with E-state index in [4.69, 9.17) is 10.5 Å². The molecule has 4 nitrogen and oxygen atoms in total. The molecule has 1 aliphatic rings. The summed E-state index contributed by atoms with van der Waals surface area (Å²) in [5.74, 6) is 0.124. The van der Waals surface area contributed by atoms with Crippen LogP contribution in [0.15, 0.2) is 24.3 Å². The van der Waals surface area contributed by atoms with Gasteiger partial charge in [0.2, 0.25) is 5.91 Å². The normalized spacial score (nSPS) is 19.1. The average Bonchev–Trinajstić information content (AvgIpc) is 2.46. The number of carbonyl (C=O) groups is 1. The number of anilines is 2. The lowest BCUT2D eigenvalue weighted by atomic mass is 10.0. The number of carbonyl (C=O) groups excluding carboxylic acids is 1. The minimum Gasteiger partial charge on any atom is -0.399 e. The van der Waals surface area contributed by atoms with Crippen LogP contribution < -0.4 is 10.6 Å². The van der Waals surface area contributed by atoms with E-state index in [0.29, 0.717) is 12.1 Å². The van der Waals surface area contributed by atoms with Crippen molar-refractivity contribution in [1.29, 1.82) is 0 Å². The van der Waals surface area contributed by atoms with Gasteiger partial charge in [0.05, 0.1) is 6.10 Å². The first-order chi connectivity index (χ1) is 9.16. The summed E-state index contributed by atoms with van der Waals surface area (Å²) >= 11 is 0. The Bertz CT molecular complexity index is 411. The summed E-state index contributed by atoms with van der Waals surface area (Å²) in [6.07, 6.45) is 5.06. The summed E-state index contributed by atoms with van der Waals surface area (Å²) in [5, 5.41) is 0. The second kappa shape index (κ2) is 6.57. The van der Waals surface area contributed by atoms with Gasteiger partial charge >= 0.3 is 0 Å². The van der Waals surface area contributed by atoms with E-state index in [-0.39, 0.29) is 12.0 Å². The molecule has 0 aromatic heterocycles. The lowest BCUT2D eigenvalue weighted by Crippen LogP contribution is -2.28. The summed E-state index contributed by atoms with van der Waals surface area (Å²) in [6, 6.07) is 7.35. The van der Waals surface area contributed by atoms with Gasteiger partial charge in [0, 0.05) is 31.5 Å². The van der Waals surface area contributed by atoms with E-state index in [2.05, 4.69) is 0 Å². The molecule has 2 N–H and O–H groups in total. The molecule has 4 heteroatoms. The minimum absolute atomic E-state index is 0.124. The largest absolute Gasteiger partial charge is 0.399 e. The Morgan fingerprint density at radius 1 is 1.37 bits per heavy atom. The Kier molecular flexibility index (Phi) is 4.80. The minimum atomic E-state index is 0.124. The molecule has 0 bridgehead atoms. The van der Waals surface area contributed by atoms with Crippen LogP contribution in [0.1, 0.15) is 32.1 Å². The van der Waals surface area contributed by atoms with E-state index in [1.807, 2.05) is 24.3 Å². The van der Waals surface area contributed by atoms with Crippen molar-refractivity contribution in [3.8, 4) is 0 Å². The van der Waals surface area contributed by atoms with Gasteiger partial charge in [-0.2, -0.15) is 0 Å². The molecule has 19 heavy (non-hydrogen) atoms. The van der Waals surface area contributed by atoms with Gasteiger partial charge in [0.25, 0.3) is 0 Å². The van der Waals surface area contributed by atoms with Crippen molar-refractivity contribution in [2.75, 3.05) is 24.3 Å². The first kappa shape index (κ1) is 13.9. The first-order valence-electron chi connectivity index (χ1n) is 6.90. The van der Waals surface area contributed by atoms with Gasteiger partial charge in [-0.15, -0.1) is 0 Å². The SMILES string of the molecule is CN(C(=O)CCC1CCCCO1)c1ccc(N)cc1. The standard InChI is InChI=1S/C15H22N2O2/c1-17(13-7-5-12(16)6-8-13)15(18)10-9-14-4-2-3-11-19-14/h5-8,14H,2-4,9-11,16H2,1H3. The molecule has 1 saturated heterocycles. The fourth-order valence-corrected chi connectivity index (χ4v) is 2.33. The number of hydrogen-bond donors (Lipinski definition) is 1. The van der Waals surface area contributed by atoms with E-state index in [0.717, 1.165) is 31.6 Å². The van der Waals surface area contributed by atoms with Crippen LogP contribution in [0, 0.1) is 0 Å². The molecule has 0 aliphatic carbocycles. The van der Waals surface area contributed by atoms with E-state index in [9.17, 15) is 4.79 Å². The highest BCUT2D eigenvalue weighted by Crippen LogP contribution is 2.19. The van der Waals surface area contributed by atoms with E-state index in [1.54, 1.807) is 11.9 Å². The molecule has 1 fully saturated rings. The van der Waals surface area contributed by atoms with Gasteiger partial charge < -0.3 is 15.4 Å². The third-order valence-electron chi connectivity index (χ3n) is 3.61. The van der Waals surface area contributed by atoms with E-state index >= 15 is 0 Å². The third-order valence-corrected chi connectivity index (χ3v) is 3.61. The fraction of sp³-hybridized carbons (Fsp3) is 0.533. The first-order valence-corrected chi connectivity index (χ1v) is 6.90. The molecule has 1 aromatic carbocycles. The van der Waals surface area contributed by atoms with Crippen molar-refractivity contribution in [2.24, 2.45) is 0 Å². The molecule has 104 valence electrons. The maximum absolute atomic E-state index is 12.1. The number of hydrogen-bond acceptors (Lipinski definition) is 3. The Labute approximate surface area is 114 Å². The maximum atomic E-state index is 12.1. The summed E-state index contributed by atoms with van der Waals surface area (Å²) in [5.41, 5.74) is 7.23. The molecule has 1 aromatic rings. The summed E-state index contributed by atoms with van der Waals surface area (Å²) in [4.78, 5) is 13.8. The second-order valence-corrected chi connectivity index (χ2v) is 5.07. The van der Waals surface area contributed by atoms with Crippen LogP contribution in [0.2, 0.25) is 0 Å². The topological polar surface area (TPSA) is 55.6 Å². The monoisotopic (exact) mass is 262 g/mol. The molecule has 1 unspecified atom stereocenters. The Hall–Kier alpha value is -1.55. The molecule has 0 saturated carbocycles. The maximum Gasteiger partial charge on any atom is 0.226 e. The quantitative estimate of drug-likeness (QED) is 0.848. The Balaban J connectivity index is 1.83. The molecule has 1 amide bonds. The predicted molar refractivity (Wildman–Crippen MR) is 77.1 cm³/mol. The molecule has 1 atom stereocenters. The molecule has 1 aliphatic heterocycles. The van der Waals surface area contributed by atoms with Gasteiger partial charge in [-0.25, -0.2) is 0 Å². The highest BCUT2D eigenvalue weighted by Gasteiger charge is 2.17. The summed E-state index contributed by atoms with van der Waals surface area (Å²) in [6.45, 7) is 0.840. The zero-order valence-corrected chi connectivity index (χ0v) is 11.5. The van der Waals surface area contributed by atoms with Crippen LogP contribution in [-0.4, -0.2) is 25.7 Å². The van der Waals surface area contributed by atoms with Crippen molar-refractivity contribution in [3.05, 3.63) is 24.3 Å². The lowest BCUT2D eigenvalue weighted by Gasteiger charge is -2.23. The average molecular weight is 262 g/mol. The number of rotatable bonds is 4. The molecule has 2 rings (SSSR count). The smallest absolute Gasteiger partial charge is 0.226 e. The predicted octanol–water partition coefficient (Wildman–Crippen LogP) is 2.58. The fourth-order valence-electron chi connectivity index (χ4n) is 2.33. The van der Waals surface area contributed by atoms with E-state index < -0.39 is 0 Å². The van der Waals surface area contributed by atoms with Crippen LogP contribution in [0.3, 0.4) is 0 Å². The van der Waals surface area contributed by atoms with Gasteiger partial charge in [0.15, 0.2) is 0 Å². The Morgan fingerprint density at radius 2 is 2.11 bits per heavy atom. The Morgan fingerprint density at radius 3 is 2.74 bits per heavy atom. The number of nitrogens with two attached hydrogens (primary N) is 1. The molecular weight excluding hydrogens is 240 g/mol. The molecule has 0 spiro atoms. The molecular formula is C15H22N2O2. The van der Waals surface area contributed by atoms with Crippen LogP contribution in [0.4, 0.5) is 11.4 Å². The van der Waals surface area contributed by atoms with Crippen LogP contribution >= 0.6 is 0 Å². The highest BCUT2D eigenvalue weighted by atomic mass is 16.5. The number of nitrogens with zero attached hydrogens (tertiary/aromatic N) is 1. The van der Waals surface area contributed by atoms with Crippen molar-refractivity contribution in [2.45, 2.75) is 38.2 Å². The van der Waals surface area contributed by atoms with Crippen LogP contribution in [0.25, 0.3) is 0 Å². The molecule has 0 radical (unpaired) electrons. The van der Waals surface area contributed by atoms with Crippen molar-refractivity contribution in [3.63, 3.8) is 0 Å². The zero-order chi connectivity index (χ0) is 13.7. The highest BCUT2D eigenvalue weighted by molar-refractivity contribution is 5.92. The zero-order valence-electron chi connectivity index (χ0n) is 11.5. The van der Waals surface area contributed by atoms with Crippen molar-refractivity contribution >= 4 is 17.3 Å². The number of benzene rings is 1. The van der Waals surface area contributed by atoms with E-state index in [1.165, 1.54) is 6.42 Å². The summed E-state index contributed by atoms with van der Waals surface area (Å²) in [7, 11) is 1.80. The second-order valence-electron chi connectivity index (χ2n) is 5.07. The van der Waals surface area contributed by atoms with Gasteiger partial charge in [-0.05, 0) is 49.9 Å². The number of nitrogen functional groups attached to an aromatic ring is 1. The van der Waals surface area contributed by atoms with Gasteiger partial charge in [-0.1, -0.05) is 0 Å². The van der Waals surface area contributed by atoms with Gasteiger partial charge in [0.1, 0.15) is 0 Å². The lowest BCUT2D eigenvalue weighted by molar-refractivity contribution is -0.119. The van der Waals surface area contributed by atoms with Crippen molar-refractivity contribution < 1.29 is 9.53 Å². The summed E-state index contributed by atoms with van der Waals surface area (Å²) < 4.78 is 5.64. The number of ether oxygens (including phenoxy) is 1. The van der Waals surface area contributed by atoms with Crippen LogP contribution in [-0.2, 0) is 9.53 Å². The number of amides is 1. The third kappa shape index (κ3) is 3.96. The van der Waals surface area contributed by atoms with Crippen LogP contribution in [0.5, 0.6) is 0 Å². The van der Waals surface area contributed by atoms with Crippen molar-refractivity contribution in [1.82, 2.24) is 0 Å². The van der Waals surface area contributed by atoms with Gasteiger partial charge in [-0.3, -0.25) is 4.79 Å². The molecule has 1 heterocycles.